The molecule has 0 bridgehead atoms. The van der Waals surface area contributed by atoms with E-state index in [0.29, 0.717) is 62.3 Å². The van der Waals surface area contributed by atoms with Crippen molar-refractivity contribution in [2.45, 2.75) is 110 Å². The summed E-state index contributed by atoms with van der Waals surface area (Å²) in [5.41, 5.74) is 14.9. The Kier molecular flexibility index (Phi) is 20.6. The van der Waals surface area contributed by atoms with E-state index in [0.717, 1.165) is 5.56 Å². The molecule has 0 unspecified atom stereocenters. The first kappa shape index (κ1) is 46.0. The lowest BCUT2D eigenvalue weighted by atomic mass is 10.1. The summed E-state index contributed by atoms with van der Waals surface area (Å²) in [6.07, 6.45) is 3.13. The molecular weight excluding hydrogens is 726 g/mol. The normalized spacial score (nSPS) is 11.9. The molecule has 2 atom stereocenters. The van der Waals surface area contributed by atoms with Crippen molar-refractivity contribution in [2.24, 2.45) is 10.8 Å². The van der Waals surface area contributed by atoms with E-state index < -0.39 is 41.5 Å². The highest BCUT2D eigenvalue weighted by Crippen LogP contribution is 2.14. The number of alkyl carbamates (subject to hydrolysis) is 1. The van der Waals surface area contributed by atoms with Crippen molar-refractivity contribution >= 4 is 35.7 Å². The Morgan fingerprint density at radius 1 is 0.821 bits per heavy atom. The molecular formula is C35H55N15O6. The molecule has 2 rings (SSSR count). The molecule has 5 amide bonds. The van der Waals surface area contributed by atoms with Gasteiger partial charge >= 0.3 is 6.09 Å². The topological polar surface area (TPSA) is 317 Å². The van der Waals surface area contributed by atoms with E-state index in [1.807, 2.05) is 0 Å². The Labute approximate surface area is 326 Å². The quantitative estimate of drug-likeness (QED) is 0.0189. The summed E-state index contributed by atoms with van der Waals surface area (Å²) in [7, 11) is 0. The summed E-state index contributed by atoms with van der Waals surface area (Å²) in [4.78, 5) is 66.8. The van der Waals surface area contributed by atoms with Crippen molar-refractivity contribution < 1.29 is 28.7 Å². The van der Waals surface area contributed by atoms with Gasteiger partial charge in [0.15, 0.2) is 11.8 Å². The zero-order valence-corrected chi connectivity index (χ0v) is 32.5. The standard InChI is InChI=1S/C35H55N15O6/c1-23-46-48-30(49-47-23)25-16-14-24(15-17-25)21-42-31(53)26(11-7-9-20-43-50-38)45-32(54)27(12-10-19-39-33(36)37)44-29(52)22-41-28(51)13-6-5-8-18-40-34(55)56-35(2,3)4/h14-17,26-27H,5-13,18-22H2,1-4H3,(H,40,55)(H,41,51)(H,42,53)(H,44,52)(H,45,54)(H4,36,37,39)/t26-,27-/m0/s1. The molecule has 2 aromatic rings. The minimum Gasteiger partial charge on any atom is -0.444 e. The maximum absolute atomic E-state index is 13.6. The van der Waals surface area contributed by atoms with Crippen LogP contribution in [0.15, 0.2) is 29.4 Å². The fraction of sp³-hybridized carbons (Fsp3) is 0.600. The molecule has 0 saturated heterocycles. The van der Waals surface area contributed by atoms with Gasteiger partial charge < -0.3 is 42.4 Å². The Morgan fingerprint density at radius 3 is 2.14 bits per heavy atom. The fourth-order valence-corrected chi connectivity index (χ4v) is 5.00. The molecule has 21 heteroatoms. The minimum absolute atomic E-state index is 0.135. The molecule has 1 heterocycles. The maximum atomic E-state index is 13.6. The number of ether oxygens (including phenoxy) is 1. The fourth-order valence-electron chi connectivity index (χ4n) is 5.00. The highest BCUT2D eigenvalue weighted by Gasteiger charge is 2.27. The number of nitrogens with zero attached hydrogens (tertiary/aromatic N) is 7. The number of nitrogens with two attached hydrogens (primary N) is 1. The van der Waals surface area contributed by atoms with Crippen LogP contribution in [0.3, 0.4) is 0 Å². The Balaban J connectivity index is 1.97. The van der Waals surface area contributed by atoms with Crippen molar-refractivity contribution in [3.63, 3.8) is 0 Å². The van der Waals surface area contributed by atoms with E-state index in [1.54, 1.807) is 52.0 Å². The van der Waals surface area contributed by atoms with Gasteiger partial charge in [-0.2, -0.15) is 0 Å². The summed E-state index contributed by atoms with van der Waals surface area (Å²) in [5, 5.41) is 42.9. The van der Waals surface area contributed by atoms with Crippen molar-refractivity contribution in [3.8, 4) is 11.4 Å². The first-order valence-corrected chi connectivity index (χ1v) is 18.5. The minimum atomic E-state index is -1.08. The lowest BCUT2D eigenvalue weighted by molar-refractivity contribution is -0.132. The number of guanidine groups is 1. The molecule has 0 aliphatic heterocycles. The zero-order chi connectivity index (χ0) is 41.3. The number of amides is 5. The number of benzene rings is 1. The zero-order valence-electron chi connectivity index (χ0n) is 32.5. The van der Waals surface area contributed by atoms with Crippen LogP contribution in [0.5, 0.6) is 0 Å². The maximum Gasteiger partial charge on any atom is 0.407 e. The summed E-state index contributed by atoms with van der Waals surface area (Å²) < 4.78 is 5.18. The molecule has 1 aromatic carbocycles. The average molecular weight is 782 g/mol. The van der Waals surface area contributed by atoms with Crippen LogP contribution in [-0.4, -0.2) is 99.9 Å². The average Bonchev–Trinajstić information content (AvgIpc) is 3.14. The predicted molar refractivity (Wildman–Crippen MR) is 206 cm³/mol. The number of aryl methyl sites for hydroxylation is 1. The predicted octanol–water partition coefficient (Wildman–Crippen LogP) is 1.77. The summed E-state index contributed by atoms with van der Waals surface area (Å²) in [6, 6.07) is 5.06. The van der Waals surface area contributed by atoms with Crippen LogP contribution >= 0.6 is 0 Å². The van der Waals surface area contributed by atoms with Gasteiger partial charge in [-0.3, -0.25) is 24.6 Å². The number of carbonyl (C=O) groups is 5. The molecule has 1 aromatic heterocycles. The first-order valence-electron chi connectivity index (χ1n) is 18.5. The molecule has 9 N–H and O–H groups in total. The van der Waals surface area contributed by atoms with Crippen LogP contribution in [-0.2, 0) is 30.5 Å². The molecule has 0 aliphatic rings. The van der Waals surface area contributed by atoms with Gasteiger partial charge in [-0.1, -0.05) is 42.2 Å². The number of hydrogen-bond acceptors (Lipinski definition) is 12. The van der Waals surface area contributed by atoms with Gasteiger partial charge in [-0.25, -0.2) is 4.79 Å². The second kappa shape index (κ2) is 25.1. The lowest BCUT2D eigenvalue weighted by Gasteiger charge is -2.23. The summed E-state index contributed by atoms with van der Waals surface area (Å²) in [5.74, 6) is -1.49. The number of hydrogen-bond donors (Lipinski definition) is 8. The van der Waals surface area contributed by atoms with Crippen molar-refractivity contribution in [1.29, 1.82) is 5.41 Å². The van der Waals surface area contributed by atoms with Gasteiger partial charge in [0.2, 0.25) is 29.5 Å². The molecule has 56 heavy (non-hydrogen) atoms. The van der Waals surface area contributed by atoms with Gasteiger partial charge in [0.25, 0.3) is 0 Å². The van der Waals surface area contributed by atoms with Gasteiger partial charge in [-0.15, -0.1) is 20.4 Å². The van der Waals surface area contributed by atoms with E-state index >= 15 is 0 Å². The van der Waals surface area contributed by atoms with Crippen molar-refractivity contribution in [2.75, 3.05) is 26.2 Å². The molecule has 21 nitrogen and oxygen atoms in total. The van der Waals surface area contributed by atoms with Gasteiger partial charge in [0.05, 0.1) is 6.54 Å². The lowest BCUT2D eigenvalue weighted by Crippen LogP contribution is -2.54. The summed E-state index contributed by atoms with van der Waals surface area (Å²) in [6.45, 7) is 7.65. The third-order valence-corrected chi connectivity index (χ3v) is 7.79. The summed E-state index contributed by atoms with van der Waals surface area (Å²) >= 11 is 0. The molecule has 0 saturated carbocycles. The molecule has 0 radical (unpaired) electrons. The van der Waals surface area contributed by atoms with E-state index in [1.165, 1.54) is 0 Å². The third kappa shape index (κ3) is 20.4. The largest absolute Gasteiger partial charge is 0.444 e. The number of carbonyl (C=O) groups excluding carboxylic acids is 5. The SMILES string of the molecule is Cc1nnc(-c2ccc(CNC(=O)[C@H](CCCCN=[N+]=[N-])NC(=O)[C@H](CCCNC(=N)N)NC(=O)CNC(=O)CCCCCNC(=O)OC(C)(C)C)cc2)nn1. The number of rotatable bonds is 24. The van der Waals surface area contributed by atoms with Crippen LogP contribution in [0.2, 0.25) is 0 Å². The van der Waals surface area contributed by atoms with Crippen LogP contribution in [0.4, 0.5) is 4.79 Å². The Morgan fingerprint density at radius 2 is 1.48 bits per heavy atom. The van der Waals surface area contributed by atoms with Crippen molar-refractivity contribution in [1.82, 2.24) is 52.3 Å². The van der Waals surface area contributed by atoms with Gasteiger partial charge in [0.1, 0.15) is 17.7 Å². The van der Waals surface area contributed by atoms with Crippen LogP contribution in [0.25, 0.3) is 21.8 Å². The van der Waals surface area contributed by atoms with Crippen LogP contribution < -0.4 is 37.6 Å². The second-order valence-electron chi connectivity index (χ2n) is 13.8. The Hall–Kier alpha value is -6.11. The second-order valence-corrected chi connectivity index (χ2v) is 13.8. The van der Waals surface area contributed by atoms with Crippen molar-refractivity contribution in [3.05, 3.63) is 46.1 Å². The number of aromatic nitrogens is 4. The highest BCUT2D eigenvalue weighted by molar-refractivity contribution is 5.93. The van der Waals surface area contributed by atoms with Gasteiger partial charge in [0, 0.05) is 43.1 Å². The molecule has 306 valence electrons. The van der Waals surface area contributed by atoms with E-state index in [2.05, 4.69) is 62.3 Å². The monoisotopic (exact) mass is 781 g/mol. The van der Waals surface area contributed by atoms with E-state index in [9.17, 15) is 24.0 Å². The highest BCUT2D eigenvalue weighted by atomic mass is 16.6. The van der Waals surface area contributed by atoms with E-state index in [-0.39, 0.29) is 57.3 Å². The van der Waals surface area contributed by atoms with Crippen LogP contribution in [0, 0.1) is 12.3 Å². The number of unbranched alkanes of at least 4 members (excludes halogenated alkanes) is 3. The van der Waals surface area contributed by atoms with Crippen LogP contribution in [0.1, 0.15) is 89.9 Å². The third-order valence-electron chi connectivity index (χ3n) is 7.79. The molecule has 0 fully saturated rings. The first-order chi connectivity index (χ1) is 26.7. The number of azide groups is 1. The molecule has 0 spiro atoms. The Bertz CT molecular complexity index is 1630. The van der Waals surface area contributed by atoms with Gasteiger partial charge in [-0.05, 0) is 77.3 Å². The number of nitrogens with one attached hydrogen (secondary N) is 7. The smallest absolute Gasteiger partial charge is 0.407 e. The molecule has 0 aliphatic carbocycles. The van der Waals surface area contributed by atoms with E-state index in [4.69, 9.17) is 21.4 Å².